The van der Waals surface area contributed by atoms with E-state index in [9.17, 15) is 0 Å². The third-order valence-electron chi connectivity index (χ3n) is 2.17. The van der Waals surface area contributed by atoms with Gasteiger partial charge in [0, 0.05) is 6.54 Å². The third-order valence-corrected chi connectivity index (χ3v) is 2.17. The minimum Gasteiger partial charge on any atom is -0.494 e. The van der Waals surface area contributed by atoms with Crippen molar-refractivity contribution in [2.75, 3.05) is 7.11 Å². The molecule has 0 bridgehead atoms. The van der Waals surface area contributed by atoms with E-state index in [2.05, 4.69) is 10.3 Å². The van der Waals surface area contributed by atoms with Crippen molar-refractivity contribution < 1.29 is 4.74 Å². The Morgan fingerprint density at radius 2 is 2.33 bits per heavy atom. The van der Waals surface area contributed by atoms with Crippen LogP contribution in [0.3, 0.4) is 0 Å². The van der Waals surface area contributed by atoms with Crippen LogP contribution in [-0.4, -0.2) is 22.1 Å². The Morgan fingerprint density at radius 1 is 1.47 bits per heavy atom. The molecule has 5 heteroatoms. The summed E-state index contributed by atoms with van der Waals surface area (Å²) in [5.74, 6) is 0.739. The van der Waals surface area contributed by atoms with E-state index in [1.165, 1.54) is 0 Å². The SMILES string of the molecule is COc1cccc(CN)c1-n1ccnn1. The highest BCUT2D eigenvalue weighted by molar-refractivity contribution is 5.52. The molecule has 5 nitrogen and oxygen atoms in total. The highest BCUT2D eigenvalue weighted by Gasteiger charge is 2.10. The third kappa shape index (κ3) is 1.69. The lowest BCUT2D eigenvalue weighted by molar-refractivity contribution is 0.410. The zero-order valence-corrected chi connectivity index (χ0v) is 8.42. The second-order valence-electron chi connectivity index (χ2n) is 3.02. The first-order valence-electron chi connectivity index (χ1n) is 4.59. The molecule has 0 unspecified atom stereocenters. The summed E-state index contributed by atoms with van der Waals surface area (Å²) in [5.41, 5.74) is 7.48. The molecule has 0 saturated heterocycles. The van der Waals surface area contributed by atoms with Crippen molar-refractivity contribution in [3.05, 3.63) is 36.2 Å². The van der Waals surface area contributed by atoms with Crippen LogP contribution in [0.15, 0.2) is 30.6 Å². The molecule has 0 aliphatic carbocycles. The van der Waals surface area contributed by atoms with Crippen molar-refractivity contribution in [2.45, 2.75) is 6.54 Å². The summed E-state index contributed by atoms with van der Waals surface area (Å²) in [4.78, 5) is 0. The van der Waals surface area contributed by atoms with Gasteiger partial charge < -0.3 is 10.5 Å². The summed E-state index contributed by atoms with van der Waals surface area (Å²) in [7, 11) is 1.62. The van der Waals surface area contributed by atoms with Gasteiger partial charge in [-0.3, -0.25) is 0 Å². The first-order chi connectivity index (χ1) is 7.36. The van der Waals surface area contributed by atoms with E-state index < -0.39 is 0 Å². The monoisotopic (exact) mass is 204 g/mol. The van der Waals surface area contributed by atoms with E-state index in [1.807, 2.05) is 18.2 Å². The van der Waals surface area contributed by atoms with Crippen LogP contribution in [-0.2, 0) is 6.54 Å². The maximum atomic E-state index is 5.66. The molecular weight excluding hydrogens is 192 g/mol. The summed E-state index contributed by atoms with van der Waals surface area (Å²) in [5, 5.41) is 7.70. The highest BCUT2D eigenvalue weighted by atomic mass is 16.5. The first kappa shape index (κ1) is 9.67. The van der Waals surface area contributed by atoms with Crippen LogP contribution in [0.25, 0.3) is 5.69 Å². The number of hydrogen-bond donors (Lipinski definition) is 1. The number of ether oxygens (including phenoxy) is 1. The molecule has 1 heterocycles. The second-order valence-corrected chi connectivity index (χ2v) is 3.02. The van der Waals surface area contributed by atoms with Crippen LogP contribution in [0, 0.1) is 0 Å². The van der Waals surface area contributed by atoms with Crippen LogP contribution in [0.4, 0.5) is 0 Å². The molecule has 0 atom stereocenters. The fraction of sp³-hybridized carbons (Fsp3) is 0.200. The van der Waals surface area contributed by atoms with Crippen molar-refractivity contribution in [1.29, 1.82) is 0 Å². The van der Waals surface area contributed by atoms with Gasteiger partial charge in [-0.15, -0.1) is 5.10 Å². The van der Waals surface area contributed by atoms with Crippen molar-refractivity contribution in [2.24, 2.45) is 5.73 Å². The Labute approximate surface area is 87.5 Å². The van der Waals surface area contributed by atoms with E-state index >= 15 is 0 Å². The minimum absolute atomic E-state index is 0.437. The van der Waals surface area contributed by atoms with Gasteiger partial charge in [0.25, 0.3) is 0 Å². The van der Waals surface area contributed by atoms with E-state index in [0.29, 0.717) is 6.54 Å². The van der Waals surface area contributed by atoms with Gasteiger partial charge in [-0.2, -0.15) is 0 Å². The summed E-state index contributed by atoms with van der Waals surface area (Å²) in [6.07, 6.45) is 3.38. The van der Waals surface area contributed by atoms with Gasteiger partial charge in [0.15, 0.2) is 0 Å². The molecule has 2 aromatic rings. The van der Waals surface area contributed by atoms with E-state index in [0.717, 1.165) is 17.0 Å². The number of nitrogens with zero attached hydrogens (tertiary/aromatic N) is 3. The molecule has 2 N–H and O–H groups in total. The Balaban J connectivity index is 2.61. The number of hydrogen-bond acceptors (Lipinski definition) is 4. The predicted molar refractivity (Wildman–Crippen MR) is 55.8 cm³/mol. The lowest BCUT2D eigenvalue weighted by Crippen LogP contribution is -2.07. The Bertz CT molecular complexity index is 416. The van der Waals surface area contributed by atoms with Crippen LogP contribution in [0.1, 0.15) is 5.56 Å². The van der Waals surface area contributed by atoms with Gasteiger partial charge in [-0.1, -0.05) is 17.3 Å². The van der Waals surface area contributed by atoms with Crippen LogP contribution in [0.2, 0.25) is 0 Å². The molecule has 0 aliphatic heterocycles. The van der Waals surface area contributed by atoms with Crippen molar-refractivity contribution in [3.63, 3.8) is 0 Å². The molecule has 0 saturated carbocycles. The lowest BCUT2D eigenvalue weighted by Gasteiger charge is -2.11. The fourth-order valence-electron chi connectivity index (χ4n) is 1.48. The molecular formula is C10H12N4O. The first-order valence-corrected chi connectivity index (χ1v) is 4.59. The van der Waals surface area contributed by atoms with Gasteiger partial charge in [-0.05, 0) is 11.6 Å². The summed E-state index contributed by atoms with van der Waals surface area (Å²) in [6.45, 7) is 0.437. The molecule has 2 rings (SSSR count). The number of rotatable bonds is 3. The Morgan fingerprint density at radius 3 is 2.93 bits per heavy atom. The van der Waals surface area contributed by atoms with Gasteiger partial charge in [-0.25, -0.2) is 4.68 Å². The topological polar surface area (TPSA) is 66.0 Å². The Kier molecular flexibility index (Phi) is 2.64. The second kappa shape index (κ2) is 4.10. The Hall–Kier alpha value is -1.88. The zero-order chi connectivity index (χ0) is 10.7. The number of methoxy groups -OCH3 is 1. The predicted octanol–water partition coefficient (Wildman–Crippen LogP) is 0.735. The zero-order valence-electron chi connectivity index (χ0n) is 8.42. The standard InChI is InChI=1S/C10H12N4O/c1-15-9-4-2-3-8(7-11)10(9)14-6-5-12-13-14/h2-6H,7,11H2,1H3. The quantitative estimate of drug-likeness (QED) is 0.800. The lowest BCUT2D eigenvalue weighted by atomic mass is 10.1. The van der Waals surface area contributed by atoms with Gasteiger partial charge >= 0.3 is 0 Å². The number of aromatic nitrogens is 3. The molecule has 15 heavy (non-hydrogen) atoms. The number of nitrogens with two attached hydrogens (primary N) is 1. The molecule has 78 valence electrons. The molecule has 0 radical (unpaired) electrons. The van der Waals surface area contributed by atoms with Crippen LogP contribution in [0.5, 0.6) is 5.75 Å². The van der Waals surface area contributed by atoms with Crippen molar-refractivity contribution >= 4 is 0 Å². The summed E-state index contributed by atoms with van der Waals surface area (Å²) < 4.78 is 6.92. The largest absolute Gasteiger partial charge is 0.494 e. The average molecular weight is 204 g/mol. The molecule has 0 amide bonds. The summed E-state index contributed by atoms with van der Waals surface area (Å²) in [6, 6.07) is 5.72. The highest BCUT2D eigenvalue weighted by Crippen LogP contribution is 2.25. The van der Waals surface area contributed by atoms with Crippen molar-refractivity contribution in [1.82, 2.24) is 15.0 Å². The number of benzene rings is 1. The van der Waals surface area contributed by atoms with E-state index in [4.69, 9.17) is 10.5 Å². The molecule has 0 spiro atoms. The van der Waals surface area contributed by atoms with Crippen molar-refractivity contribution in [3.8, 4) is 11.4 Å². The van der Waals surface area contributed by atoms with Crippen LogP contribution >= 0.6 is 0 Å². The van der Waals surface area contributed by atoms with E-state index in [1.54, 1.807) is 24.2 Å². The molecule has 0 fully saturated rings. The van der Waals surface area contributed by atoms with Gasteiger partial charge in [0.1, 0.15) is 11.4 Å². The molecule has 0 aliphatic rings. The summed E-state index contributed by atoms with van der Waals surface area (Å²) >= 11 is 0. The maximum absolute atomic E-state index is 5.66. The molecule has 1 aromatic heterocycles. The van der Waals surface area contributed by atoms with Gasteiger partial charge in [0.2, 0.25) is 0 Å². The normalized spacial score (nSPS) is 10.3. The number of para-hydroxylation sites is 1. The van der Waals surface area contributed by atoms with Crippen LogP contribution < -0.4 is 10.5 Å². The minimum atomic E-state index is 0.437. The fourth-order valence-corrected chi connectivity index (χ4v) is 1.48. The molecule has 1 aromatic carbocycles. The van der Waals surface area contributed by atoms with Gasteiger partial charge in [0.05, 0.1) is 19.5 Å². The van der Waals surface area contributed by atoms with E-state index in [-0.39, 0.29) is 0 Å². The average Bonchev–Trinajstić information content (AvgIpc) is 2.81. The maximum Gasteiger partial charge on any atom is 0.144 e. The smallest absolute Gasteiger partial charge is 0.144 e.